The SMILES string of the molecule is CC(C)Oc1ccc(Oc2ncc(C(Cl)=NO)s2)c(Cl)c1. The monoisotopic (exact) mass is 346 g/mol. The summed E-state index contributed by atoms with van der Waals surface area (Å²) in [7, 11) is 0. The molecule has 0 bridgehead atoms. The van der Waals surface area contributed by atoms with Gasteiger partial charge in [0.15, 0.2) is 5.17 Å². The topological polar surface area (TPSA) is 63.9 Å². The molecule has 0 saturated heterocycles. The lowest BCUT2D eigenvalue weighted by molar-refractivity contribution is 0.242. The van der Waals surface area contributed by atoms with Crippen LogP contribution in [0.2, 0.25) is 5.02 Å². The van der Waals surface area contributed by atoms with Crippen molar-refractivity contribution in [2.45, 2.75) is 20.0 Å². The minimum Gasteiger partial charge on any atom is -0.491 e. The fraction of sp³-hybridized carbons (Fsp3) is 0.231. The Hall–Kier alpha value is -1.50. The van der Waals surface area contributed by atoms with E-state index in [9.17, 15) is 0 Å². The molecule has 21 heavy (non-hydrogen) atoms. The highest BCUT2D eigenvalue weighted by molar-refractivity contribution is 7.17. The molecule has 0 radical (unpaired) electrons. The van der Waals surface area contributed by atoms with Gasteiger partial charge < -0.3 is 14.7 Å². The molecule has 112 valence electrons. The van der Waals surface area contributed by atoms with Gasteiger partial charge >= 0.3 is 0 Å². The second-order valence-corrected chi connectivity index (χ2v) is 6.00. The zero-order valence-electron chi connectivity index (χ0n) is 11.2. The van der Waals surface area contributed by atoms with Gasteiger partial charge in [0.25, 0.3) is 5.19 Å². The van der Waals surface area contributed by atoms with Crippen LogP contribution in [0.25, 0.3) is 0 Å². The molecule has 2 rings (SSSR count). The molecule has 0 atom stereocenters. The molecule has 1 aromatic heterocycles. The predicted molar refractivity (Wildman–Crippen MR) is 83.6 cm³/mol. The second kappa shape index (κ2) is 6.98. The van der Waals surface area contributed by atoms with E-state index in [1.165, 1.54) is 6.20 Å². The number of hydrogen-bond donors (Lipinski definition) is 1. The van der Waals surface area contributed by atoms with Crippen molar-refractivity contribution in [3.8, 4) is 16.7 Å². The van der Waals surface area contributed by atoms with Gasteiger partial charge in [0.1, 0.15) is 11.5 Å². The molecular formula is C13H12Cl2N2O3S. The lowest BCUT2D eigenvalue weighted by Gasteiger charge is -2.11. The van der Waals surface area contributed by atoms with Crippen molar-refractivity contribution >= 4 is 39.7 Å². The average Bonchev–Trinajstić information content (AvgIpc) is 2.89. The van der Waals surface area contributed by atoms with Gasteiger partial charge in [-0.2, -0.15) is 0 Å². The fourth-order valence-electron chi connectivity index (χ4n) is 1.45. The number of oxime groups is 1. The molecule has 1 heterocycles. The summed E-state index contributed by atoms with van der Waals surface area (Å²) in [6.45, 7) is 3.86. The van der Waals surface area contributed by atoms with Gasteiger partial charge in [-0.1, -0.05) is 39.7 Å². The van der Waals surface area contributed by atoms with Gasteiger partial charge in [0, 0.05) is 6.07 Å². The Labute approximate surface area is 135 Å². The van der Waals surface area contributed by atoms with Crippen LogP contribution in [-0.2, 0) is 0 Å². The van der Waals surface area contributed by atoms with E-state index < -0.39 is 0 Å². The van der Waals surface area contributed by atoms with Crippen molar-refractivity contribution < 1.29 is 14.7 Å². The normalized spacial score (nSPS) is 11.8. The lowest BCUT2D eigenvalue weighted by atomic mass is 10.3. The van der Waals surface area contributed by atoms with Crippen LogP contribution >= 0.6 is 34.5 Å². The maximum Gasteiger partial charge on any atom is 0.279 e. The fourth-order valence-corrected chi connectivity index (χ4v) is 2.48. The third-order valence-corrected chi connectivity index (χ3v) is 3.82. The highest BCUT2D eigenvalue weighted by Gasteiger charge is 2.11. The van der Waals surface area contributed by atoms with Crippen LogP contribution in [0.1, 0.15) is 18.7 Å². The summed E-state index contributed by atoms with van der Waals surface area (Å²) in [6, 6.07) is 5.13. The summed E-state index contributed by atoms with van der Waals surface area (Å²) < 4.78 is 11.1. The van der Waals surface area contributed by atoms with Gasteiger partial charge in [-0.05, 0) is 26.0 Å². The van der Waals surface area contributed by atoms with Gasteiger partial charge in [0.05, 0.1) is 22.2 Å². The first-order valence-electron chi connectivity index (χ1n) is 5.97. The van der Waals surface area contributed by atoms with Crippen LogP contribution in [-0.4, -0.2) is 21.5 Å². The molecule has 0 unspecified atom stereocenters. The average molecular weight is 347 g/mol. The molecule has 1 N–H and O–H groups in total. The Kier molecular flexibility index (Phi) is 5.27. The molecule has 2 aromatic rings. The van der Waals surface area contributed by atoms with Crippen molar-refractivity contribution in [2.75, 3.05) is 0 Å². The molecule has 0 amide bonds. The molecule has 0 spiro atoms. The van der Waals surface area contributed by atoms with Crippen molar-refractivity contribution in [1.82, 2.24) is 4.98 Å². The van der Waals surface area contributed by atoms with Gasteiger partial charge in [-0.15, -0.1) is 0 Å². The standard InChI is InChI=1S/C13H12Cl2N2O3S/c1-7(2)19-8-3-4-10(9(14)5-8)20-13-16-6-11(21-13)12(15)17-18/h3-7,18H,1-2H3. The smallest absolute Gasteiger partial charge is 0.279 e. The third kappa shape index (κ3) is 4.23. The Bertz CT molecular complexity index is 659. The summed E-state index contributed by atoms with van der Waals surface area (Å²) in [4.78, 5) is 4.51. The lowest BCUT2D eigenvalue weighted by Crippen LogP contribution is -2.05. The molecule has 0 fully saturated rings. The quantitative estimate of drug-likeness (QED) is 0.482. The van der Waals surface area contributed by atoms with E-state index in [-0.39, 0.29) is 11.3 Å². The van der Waals surface area contributed by atoms with E-state index in [0.29, 0.717) is 26.6 Å². The molecule has 0 aliphatic carbocycles. The number of ether oxygens (including phenoxy) is 2. The summed E-state index contributed by atoms with van der Waals surface area (Å²) in [5.41, 5.74) is 0. The number of hydrogen-bond acceptors (Lipinski definition) is 6. The Morgan fingerprint density at radius 3 is 2.81 bits per heavy atom. The van der Waals surface area contributed by atoms with Gasteiger partial charge in [-0.25, -0.2) is 4.98 Å². The van der Waals surface area contributed by atoms with E-state index in [4.69, 9.17) is 37.9 Å². The maximum atomic E-state index is 8.59. The zero-order chi connectivity index (χ0) is 15.4. The van der Waals surface area contributed by atoms with E-state index >= 15 is 0 Å². The number of nitrogens with zero attached hydrogens (tertiary/aromatic N) is 2. The Morgan fingerprint density at radius 2 is 2.19 bits per heavy atom. The molecule has 5 nitrogen and oxygen atoms in total. The number of benzene rings is 1. The van der Waals surface area contributed by atoms with E-state index in [1.807, 2.05) is 13.8 Å². The zero-order valence-corrected chi connectivity index (χ0v) is 13.5. The summed E-state index contributed by atoms with van der Waals surface area (Å²) >= 11 is 13.0. The van der Waals surface area contributed by atoms with Crippen LogP contribution < -0.4 is 9.47 Å². The number of aromatic nitrogens is 1. The van der Waals surface area contributed by atoms with E-state index in [1.54, 1.807) is 18.2 Å². The molecule has 0 saturated carbocycles. The molecular weight excluding hydrogens is 335 g/mol. The highest BCUT2D eigenvalue weighted by Crippen LogP contribution is 2.34. The van der Waals surface area contributed by atoms with Crippen molar-refractivity contribution in [3.63, 3.8) is 0 Å². The van der Waals surface area contributed by atoms with E-state index in [2.05, 4.69) is 10.1 Å². The Morgan fingerprint density at radius 1 is 1.43 bits per heavy atom. The van der Waals surface area contributed by atoms with Crippen LogP contribution in [0.5, 0.6) is 16.7 Å². The first-order valence-corrected chi connectivity index (χ1v) is 7.54. The predicted octanol–water partition coefficient (Wildman–Crippen LogP) is 4.75. The highest BCUT2D eigenvalue weighted by atomic mass is 35.5. The first kappa shape index (κ1) is 15.9. The van der Waals surface area contributed by atoms with Crippen molar-refractivity contribution in [2.24, 2.45) is 5.16 Å². The molecule has 0 aliphatic heterocycles. The maximum absolute atomic E-state index is 8.59. The minimum absolute atomic E-state index is 0.0471. The second-order valence-electron chi connectivity index (χ2n) is 4.24. The van der Waals surface area contributed by atoms with Crippen LogP contribution in [0.3, 0.4) is 0 Å². The van der Waals surface area contributed by atoms with Crippen LogP contribution in [0.15, 0.2) is 29.6 Å². The molecule has 8 heteroatoms. The first-order chi connectivity index (χ1) is 9.99. The van der Waals surface area contributed by atoms with Gasteiger partial charge in [0.2, 0.25) is 0 Å². The summed E-state index contributed by atoms with van der Waals surface area (Å²) in [6.07, 6.45) is 1.51. The number of halogens is 2. The van der Waals surface area contributed by atoms with Crippen LogP contribution in [0, 0.1) is 0 Å². The third-order valence-electron chi connectivity index (χ3n) is 2.25. The summed E-state index contributed by atoms with van der Waals surface area (Å²) in [5.74, 6) is 1.11. The van der Waals surface area contributed by atoms with Gasteiger partial charge in [-0.3, -0.25) is 0 Å². The van der Waals surface area contributed by atoms with Crippen molar-refractivity contribution in [3.05, 3.63) is 34.3 Å². The Balaban J connectivity index is 2.14. The van der Waals surface area contributed by atoms with Crippen molar-refractivity contribution in [1.29, 1.82) is 0 Å². The minimum atomic E-state index is -0.0471. The number of rotatable bonds is 5. The largest absolute Gasteiger partial charge is 0.491 e. The summed E-state index contributed by atoms with van der Waals surface area (Å²) in [5, 5.41) is 12.2. The van der Waals surface area contributed by atoms with Crippen LogP contribution in [0.4, 0.5) is 0 Å². The molecule has 1 aromatic carbocycles. The van der Waals surface area contributed by atoms with E-state index in [0.717, 1.165) is 11.3 Å². The molecule has 0 aliphatic rings. The number of thiazole rings is 1.